The molecule has 0 aliphatic heterocycles. The van der Waals surface area contributed by atoms with E-state index in [-0.39, 0.29) is 0 Å². The third-order valence-electron chi connectivity index (χ3n) is 1.25. The van der Waals surface area contributed by atoms with Gasteiger partial charge in [0.25, 0.3) is 5.91 Å². The number of nitrogens with zero attached hydrogens (tertiary/aromatic N) is 1. The molecule has 0 aliphatic rings. The van der Waals surface area contributed by atoms with Crippen molar-refractivity contribution >= 4 is 17.8 Å². The molecule has 1 amide bonds. The standard InChI is InChI=1S/C7H11NO5/c1-4(7(11)12)8(5(2)9)13-6(3)10/h4H,1-3H3,(H,11,12). The first kappa shape index (κ1) is 11.4. The molecule has 6 nitrogen and oxygen atoms in total. The SMILES string of the molecule is CC(=O)ON(C(C)=O)C(C)C(=O)O. The Labute approximate surface area is 75.0 Å². The van der Waals surface area contributed by atoms with Crippen LogP contribution in [0.3, 0.4) is 0 Å². The van der Waals surface area contributed by atoms with Crippen molar-refractivity contribution in [2.24, 2.45) is 0 Å². The molecule has 0 saturated carbocycles. The molecular weight excluding hydrogens is 178 g/mol. The van der Waals surface area contributed by atoms with E-state index < -0.39 is 23.9 Å². The van der Waals surface area contributed by atoms with Crippen LogP contribution < -0.4 is 0 Å². The second kappa shape index (κ2) is 4.44. The number of carboxylic acids is 1. The van der Waals surface area contributed by atoms with Crippen molar-refractivity contribution < 1.29 is 24.3 Å². The predicted molar refractivity (Wildman–Crippen MR) is 41.4 cm³/mol. The summed E-state index contributed by atoms with van der Waals surface area (Å²) in [5.74, 6) is -2.61. The fourth-order valence-corrected chi connectivity index (χ4v) is 0.655. The highest BCUT2D eigenvalue weighted by molar-refractivity contribution is 5.82. The fourth-order valence-electron chi connectivity index (χ4n) is 0.655. The van der Waals surface area contributed by atoms with Gasteiger partial charge in [-0.15, -0.1) is 0 Å². The van der Waals surface area contributed by atoms with E-state index in [1.165, 1.54) is 6.92 Å². The molecule has 0 bridgehead atoms. The van der Waals surface area contributed by atoms with Crippen LogP contribution in [0.25, 0.3) is 0 Å². The molecule has 1 N–H and O–H groups in total. The summed E-state index contributed by atoms with van der Waals surface area (Å²) in [7, 11) is 0. The Morgan fingerprint density at radius 1 is 1.31 bits per heavy atom. The first-order chi connectivity index (χ1) is 5.86. The lowest BCUT2D eigenvalue weighted by atomic mass is 10.3. The van der Waals surface area contributed by atoms with E-state index in [1.54, 1.807) is 0 Å². The van der Waals surface area contributed by atoms with Crippen LogP contribution in [0.1, 0.15) is 20.8 Å². The molecule has 0 heterocycles. The molecule has 0 aliphatic carbocycles. The summed E-state index contributed by atoms with van der Waals surface area (Å²) in [6, 6.07) is -1.18. The molecule has 13 heavy (non-hydrogen) atoms. The third-order valence-corrected chi connectivity index (χ3v) is 1.25. The van der Waals surface area contributed by atoms with Gasteiger partial charge in [-0.2, -0.15) is 5.06 Å². The zero-order chi connectivity index (χ0) is 10.6. The van der Waals surface area contributed by atoms with Crippen LogP contribution in [0.2, 0.25) is 0 Å². The maximum Gasteiger partial charge on any atom is 0.329 e. The van der Waals surface area contributed by atoms with Gasteiger partial charge < -0.3 is 9.94 Å². The van der Waals surface area contributed by atoms with Crippen LogP contribution in [-0.2, 0) is 19.2 Å². The van der Waals surface area contributed by atoms with Crippen molar-refractivity contribution in [1.29, 1.82) is 0 Å². The molecule has 0 saturated heterocycles. The minimum Gasteiger partial charge on any atom is -0.480 e. The predicted octanol–water partition coefficient (Wildman–Crippen LogP) is -0.214. The van der Waals surface area contributed by atoms with Crippen LogP contribution in [0.4, 0.5) is 0 Å². The first-order valence-electron chi connectivity index (χ1n) is 3.57. The van der Waals surface area contributed by atoms with E-state index in [9.17, 15) is 14.4 Å². The number of aliphatic carboxylic acids is 1. The topological polar surface area (TPSA) is 83.9 Å². The average molecular weight is 189 g/mol. The number of hydrogen-bond donors (Lipinski definition) is 1. The highest BCUT2D eigenvalue weighted by atomic mass is 16.7. The molecule has 0 spiro atoms. The Morgan fingerprint density at radius 2 is 1.77 bits per heavy atom. The van der Waals surface area contributed by atoms with Crippen molar-refractivity contribution in [1.82, 2.24) is 5.06 Å². The maximum absolute atomic E-state index is 10.8. The van der Waals surface area contributed by atoms with Crippen LogP contribution in [0.15, 0.2) is 0 Å². The van der Waals surface area contributed by atoms with Gasteiger partial charge >= 0.3 is 11.9 Å². The average Bonchev–Trinajstić information content (AvgIpc) is 1.97. The van der Waals surface area contributed by atoms with E-state index in [1.807, 2.05) is 0 Å². The minimum absolute atomic E-state index is 0.519. The molecule has 0 radical (unpaired) electrons. The molecular formula is C7H11NO5. The van der Waals surface area contributed by atoms with Gasteiger partial charge in [0.1, 0.15) is 0 Å². The maximum atomic E-state index is 10.8. The molecule has 0 rings (SSSR count). The number of carbonyl (C=O) groups is 3. The van der Waals surface area contributed by atoms with Gasteiger partial charge in [0.15, 0.2) is 6.04 Å². The molecule has 6 heteroatoms. The zero-order valence-electron chi connectivity index (χ0n) is 7.60. The minimum atomic E-state index is -1.24. The summed E-state index contributed by atoms with van der Waals surface area (Å²) in [4.78, 5) is 36.1. The highest BCUT2D eigenvalue weighted by Crippen LogP contribution is 2.01. The van der Waals surface area contributed by atoms with Crippen molar-refractivity contribution in [2.75, 3.05) is 0 Å². The highest BCUT2D eigenvalue weighted by Gasteiger charge is 2.25. The number of carboxylic acid groups (broad SMARTS) is 1. The smallest absolute Gasteiger partial charge is 0.329 e. The Kier molecular flexibility index (Phi) is 3.90. The Morgan fingerprint density at radius 3 is 2.00 bits per heavy atom. The first-order valence-corrected chi connectivity index (χ1v) is 3.57. The summed E-state index contributed by atoms with van der Waals surface area (Å²) >= 11 is 0. The summed E-state index contributed by atoms with van der Waals surface area (Å²) in [6.45, 7) is 3.44. The lowest BCUT2D eigenvalue weighted by Crippen LogP contribution is -2.42. The third kappa shape index (κ3) is 3.55. The van der Waals surface area contributed by atoms with Crippen molar-refractivity contribution in [3.05, 3.63) is 0 Å². The van der Waals surface area contributed by atoms with Gasteiger partial charge in [0, 0.05) is 13.8 Å². The van der Waals surface area contributed by atoms with E-state index >= 15 is 0 Å². The molecule has 0 aromatic rings. The van der Waals surface area contributed by atoms with Crippen LogP contribution in [0, 0.1) is 0 Å². The van der Waals surface area contributed by atoms with Crippen LogP contribution in [-0.4, -0.2) is 34.1 Å². The van der Waals surface area contributed by atoms with Gasteiger partial charge in [-0.25, -0.2) is 4.79 Å². The Hall–Kier alpha value is -1.59. The molecule has 0 aromatic heterocycles. The lowest BCUT2D eigenvalue weighted by Gasteiger charge is -2.22. The normalized spacial score (nSPS) is 11.6. The van der Waals surface area contributed by atoms with Crippen LogP contribution >= 0.6 is 0 Å². The van der Waals surface area contributed by atoms with Gasteiger partial charge in [-0.05, 0) is 6.92 Å². The van der Waals surface area contributed by atoms with Gasteiger partial charge in [-0.3, -0.25) is 9.59 Å². The van der Waals surface area contributed by atoms with Crippen molar-refractivity contribution in [3.8, 4) is 0 Å². The van der Waals surface area contributed by atoms with E-state index in [0.29, 0.717) is 5.06 Å². The second-order valence-electron chi connectivity index (χ2n) is 2.44. The van der Waals surface area contributed by atoms with Gasteiger partial charge in [-0.1, -0.05) is 0 Å². The lowest BCUT2D eigenvalue weighted by molar-refractivity contribution is -0.206. The van der Waals surface area contributed by atoms with Crippen molar-refractivity contribution in [3.63, 3.8) is 0 Å². The fraction of sp³-hybridized carbons (Fsp3) is 0.571. The number of amides is 1. The Balaban J connectivity index is 4.51. The van der Waals surface area contributed by atoms with Crippen LogP contribution in [0.5, 0.6) is 0 Å². The van der Waals surface area contributed by atoms with Gasteiger partial charge in [0.05, 0.1) is 0 Å². The van der Waals surface area contributed by atoms with Crippen molar-refractivity contribution in [2.45, 2.75) is 26.8 Å². The monoisotopic (exact) mass is 189 g/mol. The summed E-state index contributed by atoms with van der Waals surface area (Å²) in [5, 5.41) is 9.05. The van der Waals surface area contributed by atoms with E-state index in [4.69, 9.17) is 5.11 Å². The van der Waals surface area contributed by atoms with E-state index in [2.05, 4.69) is 4.84 Å². The summed E-state index contributed by atoms with van der Waals surface area (Å²) < 4.78 is 0. The molecule has 1 atom stereocenters. The number of rotatable bonds is 2. The Bertz CT molecular complexity index is 237. The van der Waals surface area contributed by atoms with E-state index in [0.717, 1.165) is 13.8 Å². The number of hydroxylamine groups is 2. The molecule has 0 fully saturated rings. The number of carbonyl (C=O) groups excluding carboxylic acids is 2. The molecule has 1 unspecified atom stereocenters. The van der Waals surface area contributed by atoms with Gasteiger partial charge in [0.2, 0.25) is 0 Å². The largest absolute Gasteiger partial charge is 0.480 e. The zero-order valence-corrected chi connectivity index (χ0v) is 7.60. The summed E-state index contributed by atoms with van der Waals surface area (Å²) in [6.07, 6.45) is 0. The number of hydrogen-bond acceptors (Lipinski definition) is 4. The second-order valence-corrected chi connectivity index (χ2v) is 2.44. The molecule has 74 valence electrons. The summed E-state index contributed by atoms with van der Waals surface area (Å²) in [5.41, 5.74) is 0. The quantitative estimate of drug-likeness (QED) is 0.607. The molecule has 0 aromatic carbocycles.